The third-order valence-corrected chi connectivity index (χ3v) is 4.71. The first-order valence-corrected chi connectivity index (χ1v) is 9.96. The zero-order valence-corrected chi connectivity index (χ0v) is 16.3. The topological polar surface area (TPSA) is 76.0 Å². The van der Waals surface area contributed by atoms with Gasteiger partial charge in [-0.1, -0.05) is 44.1 Å². The van der Waals surface area contributed by atoms with E-state index in [1.165, 1.54) is 26.4 Å². The Morgan fingerprint density at radius 1 is 1.19 bits per heavy atom. The van der Waals surface area contributed by atoms with Crippen LogP contribution in [0.3, 0.4) is 0 Å². The molecule has 150 valence electrons. The van der Waals surface area contributed by atoms with Gasteiger partial charge in [0.1, 0.15) is 0 Å². The molecule has 0 aromatic carbocycles. The number of ether oxygens (including phenoxy) is 2. The zero-order chi connectivity index (χ0) is 19.2. The van der Waals surface area contributed by atoms with Crippen molar-refractivity contribution >= 4 is 5.97 Å². The van der Waals surface area contributed by atoms with Gasteiger partial charge in [-0.25, -0.2) is 0 Å². The maximum atomic E-state index is 11.0. The smallest absolute Gasteiger partial charge is 0.305 e. The standard InChI is InChI=1S/C21H36O5/c1-3-4-5-6-7-11-14-19-18(23)16-20(26-19)17(22)13-10-8-9-12-15-21(24)25-2/h7-8,10-11,17-20,22-23H,3-6,9,12-16H2,1-2H3/b10-8-,11-7-/t17?,18?,19-,20+/m1/s1. The predicted octanol–water partition coefficient (Wildman–Crippen LogP) is 3.68. The summed E-state index contributed by atoms with van der Waals surface area (Å²) in [6, 6.07) is 0. The molecule has 1 aliphatic rings. The van der Waals surface area contributed by atoms with E-state index >= 15 is 0 Å². The Morgan fingerprint density at radius 3 is 2.65 bits per heavy atom. The number of hydrogen-bond donors (Lipinski definition) is 2. The normalized spacial score (nSPS) is 24.5. The molecule has 0 saturated carbocycles. The Balaban J connectivity index is 2.20. The molecular weight excluding hydrogens is 332 g/mol. The number of unbranched alkanes of at least 4 members (excludes halogenated alkanes) is 4. The molecule has 1 rings (SSSR count). The van der Waals surface area contributed by atoms with Gasteiger partial charge < -0.3 is 19.7 Å². The number of hydrogen-bond acceptors (Lipinski definition) is 5. The van der Waals surface area contributed by atoms with E-state index in [-0.39, 0.29) is 18.2 Å². The second kappa shape index (κ2) is 14.0. The third kappa shape index (κ3) is 9.51. The van der Waals surface area contributed by atoms with Gasteiger partial charge in [0.05, 0.1) is 31.5 Å². The number of carbonyl (C=O) groups is 1. The number of aliphatic hydroxyl groups excluding tert-OH is 2. The minimum Gasteiger partial charge on any atom is -0.469 e. The molecule has 4 atom stereocenters. The fourth-order valence-corrected chi connectivity index (χ4v) is 3.05. The van der Waals surface area contributed by atoms with Gasteiger partial charge in [-0.15, -0.1) is 0 Å². The molecule has 5 heteroatoms. The van der Waals surface area contributed by atoms with Crippen LogP contribution in [0.1, 0.15) is 71.1 Å². The van der Waals surface area contributed by atoms with Crippen LogP contribution in [0.5, 0.6) is 0 Å². The molecule has 0 bridgehead atoms. The van der Waals surface area contributed by atoms with E-state index in [0.717, 1.165) is 19.3 Å². The van der Waals surface area contributed by atoms with Gasteiger partial charge in [-0.05, 0) is 38.5 Å². The second-order valence-corrected chi connectivity index (χ2v) is 6.96. The van der Waals surface area contributed by atoms with Crippen molar-refractivity contribution in [2.45, 2.75) is 95.5 Å². The zero-order valence-electron chi connectivity index (χ0n) is 16.3. The third-order valence-electron chi connectivity index (χ3n) is 4.71. The Kier molecular flexibility index (Phi) is 12.3. The van der Waals surface area contributed by atoms with Crippen LogP contribution < -0.4 is 0 Å². The Morgan fingerprint density at radius 2 is 1.92 bits per heavy atom. The molecule has 0 spiro atoms. The van der Waals surface area contributed by atoms with Crippen molar-refractivity contribution in [2.24, 2.45) is 0 Å². The van der Waals surface area contributed by atoms with E-state index in [9.17, 15) is 15.0 Å². The van der Waals surface area contributed by atoms with E-state index < -0.39 is 12.2 Å². The molecular formula is C21H36O5. The van der Waals surface area contributed by atoms with E-state index in [2.05, 4.69) is 23.8 Å². The lowest BCUT2D eigenvalue weighted by Gasteiger charge is -2.17. The lowest BCUT2D eigenvalue weighted by molar-refractivity contribution is -0.140. The number of aliphatic hydroxyl groups is 2. The number of esters is 1. The molecule has 2 N–H and O–H groups in total. The molecule has 1 fully saturated rings. The summed E-state index contributed by atoms with van der Waals surface area (Å²) in [4.78, 5) is 11.0. The molecule has 2 unspecified atom stereocenters. The van der Waals surface area contributed by atoms with Gasteiger partial charge in [0.15, 0.2) is 0 Å². The first-order chi connectivity index (χ1) is 12.6. The van der Waals surface area contributed by atoms with Crippen LogP contribution >= 0.6 is 0 Å². The van der Waals surface area contributed by atoms with Crippen LogP contribution in [-0.4, -0.2) is 47.7 Å². The van der Waals surface area contributed by atoms with Gasteiger partial charge in [-0.2, -0.15) is 0 Å². The summed E-state index contributed by atoms with van der Waals surface area (Å²) in [5.41, 5.74) is 0. The minimum absolute atomic E-state index is 0.197. The van der Waals surface area contributed by atoms with Crippen LogP contribution in [0.4, 0.5) is 0 Å². The summed E-state index contributed by atoms with van der Waals surface area (Å²) in [6.07, 6.45) is 14.8. The summed E-state index contributed by atoms with van der Waals surface area (Å²) in [6.45, 7) is 2.19. The Hall–Kier alpha value is -1.17. The SMILES string of the molecule is CCCCC/C=C\C[C@H]1O[C@H](C(O)C/C=C\CCCC(=O)OC)CC1O. The lowest BCUT2D eigenvalue weighted by atomic mass is 10.0. The lowest BCUT2D eigenvalue weighted by Crippen LogP contribution is -2.25. The summed E-state index contributed by atoms with van der Waals surface area (Å²) >= 11 is 0. The fourth-order valence-electron chi connectivity index (χ4n) is 3.05. The molecule has 0 aliphatic carbocycles. The van der Waals surface area contributed by atoms with Crippen molar-refractivity contribution in [1.82, 2.24) is 0 Å². The maximum Gasteiger partial charge on any atom is 0.305 e. The van der Waals surface area contributed by atoms with E-state index in [4.69, 9.17) is 4.74 Å². The molecule has 26 heavy (non-hydrogen) atoms. The van der Waals surface area contributed by atoms with Crippen molar-refractivity contribution < 1.29 is 24.5 Å². The number of allylic oxidation sites excluding steroid dienone is 2. The highest BCUT2D eigenvalue weighted by Crippen LogP contribution is 2.26. The van der Waals surface area contributed by atoms with Gasteiger partial charge >= 0.3 is 5.97 Å². The molecule has 0 aromatic heterocycles. The van der Waals surface area contributed by atoms with E-state index in [1.54, 1.807) is 0 Å². The highest BCUT2D eigenvalue weighted by atomic mass is 16.5. The van der Waals surface area contributed by atoms with Crippen molar-refractivity contribution in [3.8, 4) is 0 Å². The first kappa shape index (κ1) is 22.9. The summed E-state index contributed by atoms with van der Waals surface area (Å²) < 4.78 is 10.4. The first-order valence-electron chi connectivity index (χ1n) is 9.96. The minimum atomic E-state index is -0.611. The molecule has 1 heterocycles. The van der Waals surface area contributed by atoms with E-state index in [0.29, 0.717) is 25.7 Å². The van der Waals surface area contributed by atoms with Gasteiger partial charge in [0, 0.05) is 12.8 Å². The Labute approximate surface area is 158 Å². The van der Waals surface area contributed by atoms with E-state index in [1.807, 2.05) is 12.2 Å². The summed E-state index contributed by atoms with van der Waals surface area (Å²) in [7, 11) is 1.39. The van der Waals surface area contributed by atoms with Crippen molar-refractivity contribution in [1.29, 1.82) is 0 Å². The average Bonchev–Trinajstić information content (AvgIpc) is 3.01. The summed E-state index contributed by atoms with van der Waals surface area (Å²) in [5.74, 6) is -0.197. The fraction of sp³-hybridized carbons (Fsp3) is 0.762. The van der Waals surface area contributed by atoms with Gasteiger partial charge in [-0.3, -0.25) is 4.79 Å². The second-order valence-electron chi connectivity index (χ2n) is 6.96. The highest BCUT2D eigenvalue weighted by Gasteiger charge is 2.36. The van der Waals surface area contributed by atoms with Crippen LogP contribution in [-0.2, 0) is 14.3 Å². The molecule has 1 aliphatic heterocycles. The average molecular weight is 369 g/mol. The predicted molar refractivity (Wildman–Crippen MR) is 103 cm³/mol. The van der Waals surface area contributed by atoms with Crippen molar-refractivity contribution in [3.63, 3.8) is 0 Å². The maximum absolute atomic E-state index is 11.0. The molecule has 5 nitrogen and oxygen atoms in total. The molecule has 0 radical (unpaired) electrons. The summed E-state index contributed by atoms with van der Waals surface area (Å²) in [5, 5.41) is 20.4. The molecule has 1 saturated heterocycles. The largest absolute Gasteiger partial charge is 0.469 e. The Bertz CT molecular complexity index is 432. The van der Waals surface area contributed by atoms with Crippen LogP contribution in [0, 0.1) is 0 Å². The van der Waals surface area contributed by atoms with Crippen LogP contribution in [0.15, 0.2) is 24.3 Å². The number of methoxy groups -OCH3 is 1. The monoisotopic (exact) mass is 368 g/mol. The van der Waals surface area contributed by atoms with Crippen molar-refractivity contribution in [2.75, 3.05) is 7.11 Å². The van der Waals surface area contributed by atoms with Gasteiger partial charge in [0.2, 0.25) is 0 Å². The number of carbonyl (C=O) groups excluding carboxylic acids is 1. The quantitative estimate of drug-likeness (QED) is 0.295. The van der Waals surface area contributed by atoms with Crippen molar-refractivity contribution in [3.05, 3.63) is 24.3 Å². The van der Waals surface area contributed by atoms with Gasteiger partial charge in [0.25, 0.3) is 0 Å². The number of rotatable bonds is 13. The van der Waals surface area contributed by atoms with Crippen LogP contribution in [0.25, 0.3) is 0 Å². The highest BCUT2D eigenvalue weighted by molar-refractivity contribution is 5.69. The van der Waals surface area contributed by atoms with Crippen LogP contribution in [0.2, 0.25) is 0 Å². The molecule has 0 amide bonds. The molecule has 0 aromatic rings.